The molecule has 20 heavy (non-hydrogen) atoms. The number of hydrogen-bond donors (Lipinski definition) is 1. The van der Waals surface area contributed by atoms with E-state index in [0.717, 1.165) is 34.7 Å². The van der Waals surface area contributed by atoms with Gasteiger partial charge in [0, 0.05) is 24.0 Å². The average Bonchev–Trinajstić information content (AvgIpc) is 2.69. The van der Waals surface area contributed by atoms with E-state index in [1.165, 1.54) is 6.26 Å². The molecule has 0 amide bonds. The second-order valence-electron chi connectivity index (χ2n) is 5.57. The van der Waals surface area contributed by atoms with Gasteiger partial charge in [-0.05, 0) is 43.0 Å². The van der Waals surface area contributed by atoms with E-state index in [0.29, 0.717) is 19.0 Å². The number of thiophene rings is 1. The van der Waals surface area contributed by atoms with Gasteiger partial charge in [0.25, 0.3) is 0 Å². The van der Waals surface area contributed by atoms with Gasteiger partial charge >= 0.3 is 0 Å². The fraction of sp³-hybridized carbons (Fsp3) is 0.692. The summed E-state index contributed by atoms with van der Waals surface area (Å²) in [5.41, 5.74) is 7.31. The highest BCUT2D eigenvalue weighted by atomic mass is 35.5. The smallest absolute Gasteiger partial charge is 0.211 e. The first-order valence-electron chi connectivity index (χ1n) is 6.73. The number of hydrogen-bond acceptors (Lipinski definition) is 4. The zero-order chi connectivity index (χ0) is 14.9. The van der Waals surface area contributed by atoms with Crippen molar-refractivity contribution >= 4 is 33.0 Å². The minimum Gasteiger partial charge on any atom is -0.323 e. The van der Waals surface area contributed by atoms with Crippen LogP contribution in [0.4, 0.5) is 0 Å². The number of aryl methyl sites for hydroxylation is 1. The lowest BCUT2D eigenvalue weighted by Gasteiger charge is -2.32. The number of nitrogens with zero attached hydrogens (tertiary/aromatic N) is 1. The van der Waals surface area contributed by atoms with Gasteiger partial charge in [-0.1, -0.05) is 11.6 Å². The second kappa shape index (κ2) is 6.32. The third-order valence-corrected chi connectivity index (χ3v) is 6.92. The predicted octanol–water partition coefficient (Wildman–Crippen LogP) is 2.77. The third kappa shape index (κ3) is 3.74. The van der Waals surface area contributed by atoms with Crippen LogP contribution in [0.25, 0.3) is 0 Å². The van der Waals surface area contributed by atoms with Gasteiger partial charge < -0.3 is 5.73 Å². The maximum Gasteiger partial charge on any atom is 0.211 e. The maximum absolute atomic E-state index is 11.6. The zero-order valence-electron chi connectivity index (χ0n) is 11.8. The van der Waals surface area contributed by atoms with Crippen LogP contribution in [0.3, 0.4) is 0 Å². The van der Waals surface area contributed by atoms with Crippen molar-refractivity contribution in [3.8, 4) is 0 Å². The van der Waals surface area contributed by atoms with Crippen LogP contribution in [0.5, 0.6) is 0 Å². The molecule has 0 bridgehead atoms. The SMILES string of the molecule is Cc1csc(C(N)CC2CCCN(S(C)(=O)=O)C2)c1Cl. The van der Waals surface area contributed by atoms with E-state index >= 15 is 0 Å². The number of piperidine rings is 1. The zero-order valence-corrected chi connectivity index (χ0v) is 14.2. The number of sulfonamides is 1. The molecule has 2 rings (SSSR count). The molecule has 1 aromatic heterocycles. The Kier molecular flexibility index (Phi) is 5.13. The Morgan fingerprint density at radius 3 is 2.85 bits per heavy atom. The van der Waals surface area contributed by atoms with Crippen LogP contribution >= 0.6 is 22.9 Å². The molecule has 0 aliphatic carbocycles. The lowest BCUT2D eigenvalue weighted by atomic mass is 9.92. The van der Waals surface area contributed by atoms with Gasteiger partial charge in [0.05, 0.1) is 11.3 Å². The van der Waals surface area contributed by atoms with E-state index in [9.17, 15) is 8.42 Å². The van der Waals surface area contributed by atoms with Gasteiger partial charge in [-0.25, -0.2) is 12.7 Å². The largest absolute Gasteiger partial charge is 0.323 e. The average molecular weight is 337 g/mol. The summed E-state index contributed by atoms with van der Waals surface area (Å²) in [6.45, 7) is 3.18. The van der Waals surface area contributed by atoms with Crippen LogP contribution in [0.1, 0.15) is 35.7 Å². The predicted molar refractivity (Wildman–Crippen MR) is 84.8 cm³/mol. The van der Waals surface area contributed by atoms with Gasteiger partial charge in [-0.15, -0.1) is 11.3 Å². The van der Waals surface area contributed by atoms with E-state index in [-0.39, 0.29) is 6.04 Å². The van der Waals surface area contributed by atoms with E-state index in [4.69, 9.17) is 17.3 Å². The molecule has 0 saturated carbocycles. The lowest BCUT2D eigenvalue weighted by Crippen LogP contribution is -2.40. The first-order chi connectivity index (χ1) is 9.29. The Bertz CT molecular complexity index is 571. The molecule has 2 atom stereocenters. The number of nitrogens with two attached hydrogens (primary N) is 1. The van der Waals surface area contributed by atoms with Crippen molar-refractivity contribution in [2.24, 2.45) is 11.7 Å². The van der Waals surface area contributed by atoms with Crippen molar-refractivity contribution < 1.29 is 8.42 Å². The molecule has 0 radical (unpaired) electrons. The topological polar surface area (TPSA) is 63.4 Å². The summed E-state index contributed by atoms with van der Waals surface area (Å²) in [6, 6.07) is -0.106. The van der Waals surface area contributed by atoms with Crippen LogP contribution in [-0.4, -0.2) is 32.1 Å². The Morgan fingerprint density at radius 1 is 1.60 bits per heavy atom. The molecule has 2 N–H and O–H groups in total. The molecule has 1 aliphatic rings. The van der Waals surface area contributed by atoms with Crippen LogP contribution in [-0.2, 0) is 10.0 Å². The molecule has 2 unspecified atom stereocenters. The van der Waals surface area contributed by atoms with Gasteiger partial charge in [-0.3, -0.25) is 0 Å². The van der Waals surface area contributed by atoms with Crippen molar-refractivity contribution in [1.82, 2.24) is 4.31 Å². The molecule has 0 aromatic carbocycles. The van der Waals surface area contributed by atoms with Crippen molar-refractivity contribution in [3.63, 3.8) is 0 Å². The van der Waals surface area contributed by atoms with Crippen LogP contribution in [0.15, 0.2) is 5.38 Å². The van der Waals surface area contributed by atoms with E-state index in [1.54, 1.807) is 15.6 Å². The number of rotatable bonds is 4. The van der Waals surface area contributed by atoms with Gasteiger partial charge in [0.2, 0.25) is 10.0 Å². The lowest BCUT2D eigenvalue weighted by molar-refractivity contribution is 0.247. The Labute approximate surface area is 130 Å². The molecule has 2 heterocycles. The van der Waals surface area contributed by atoms with Crippen molar-refractivity contribution in [2.75, 3.05) is 19.3 Å². The Morgan fingerprint density at radius 2 is 2.30 bits per heavy atom. The summed E-state index contributed by atoms with van der Waals surface area (Å²) in [5, 5.41) is 2.78. The summed E-state index contributed by atoms with van der Waals surface area (Å²) < 4.78 is 24.8. The highest BCUT2D eigenvalue weighted by molar-refractivity contribution is 7.88. The van der Waals surface area contributed by atoms with Gasteiger partial charge in [0.1, 0.15) is 0 Å². The molecular formula is C13H21ClN2O2S2. The van der Waals surface area contributed by atoms with E-state index in [2.05, 4.69) is 0 Å². The van der Waals surface area contributed by atoms with Crippen molar-refractivity contribution in [3.05, 3.63) is 20.8 Å². The molecule has 4 nitrogen and oxygen atoms in total. The first kappa shape index (κ1) is 16.2. The molecule has 1 aliphatic heterocycles. The molecule has 7 heteroatoms. The quantitative estimate of drug-likeness (QED) is 0.919. The van der Waals surface area contributed by atoms with Crippen molar-refractivity contribution in [2.45, 2.75) is 32.2 Å². The van der Waals surface area contributed by atoms with Crippen LogP contribution < -0.4 is 5.73 Å². The first-order valence-corrected chi connectivity index (χ1v) is 9.84. The third-order valence-electron chi connectivity index (χ3n) is 3.80. The monoisotopic (exact) mass is 336 g/mol. The molecule has 114 valence electrons. The molecule has 0 spiro atoms. The summed E-state index contributed by atoms with van der Waals surface area (Å²) in [4.78, 5) is 1.01. The van der Waals surface area contributed by atoms with Gasteiger partial charge in [-0.2, -0.15) is 0 Å². The highest BCUT2D eigenvalue weighted by Crippen LogP contribution is 2.35. The minimum atomic E-state index is -3.09. The summed E-state index contributed by atoms with van der Waals surface area (Å²) in [7, 11) is -3.09. The summed E-state index contributed by atoms with van der Waals surface area (Å²) in [5.74, 6) is 0.312. The standard InChI is InChI=1S/C13H21ClN2O2S2/c1-9-8-19-13(12(9)14)11(15)6-10-4-3-5-16(7-10)20(2,17)18/h8,10-11H,3-7,15H2,1-2H3. The van der Waals surface area contributed by atoms with Gasteiger partial charge in [0.15, 0.2) is 0 Å². The maximum atomic E-state index is 11.6. The van der Waals surface area contributed by atoms with Crippen molar-refractivity contribution in [1.29, 1.82) is 0 Å². The molecule has 1 saturated heterocycles. The fourth-order valence-corrected chi connectivity index (χ4v) is 4.98. The van der Waals surface area contributed by atoms with Crippen LogP contribution in [0, 0.1) is 12.8 Å². The number of halogens is 1. The van der Waals surface area contributed by atoms with Crippen LogP contribution in [0.2, 0.25) is 5.02 Å². The normalized spacial score (nSPS) is 22.9. The second-order valence-corrected chi connectivity index (χ2v) is 8.84. The molecule has 1 aromatic rings. The Hall–Kier alpha value is -0.140. The van der Waals surface area contributed by atoms with E-state index < -0.39 is 10.0 Å². The summed E-state index contributed by atoms with van der Waals surface area (Å²) in [6.07, 6.45) is 3.99. The highest BCUT2D eigenvalue weighted by Gasteiger charge is 2.28. The Balaban J connectivity index is 2.01. The van der Waals surface area contributed by atoms with E-state index in [1.807, 2.05) is 12.3 Å². The molecular weight excluding hydrogens is 316 g/mol. The minimum absolute atomic E-state index is 0.106. The fourth-order valence-electron chi connectivity index (χ4n) is 2.69. The molecule has 1 fully saturated rings. The summed E-state index contributed by atoms with van der Waals surface area (Å²) >= 11 is 7.84.